The van der Waals surface area contributed by atoms with E-state index in [4.69, 9.17) is 4.74 Å². The van der Waals surface area contributed by atoms with Crippen molar-refractivity contribution in [2.45, 2.75) is 43.7 Å². The van der Waals surface area contributed by atoms with Crippen LogP contribution >= 0.6 is 0 Å². The number of carbonyl (C=O) groups is 1. The average molecular weight is 335 g/mol. The van der Waals surface area contributed by atoms with Crippen LogP contribution in [0.25, 0.3) is 0 Å². The molecule has 2 heterocycles. The number of aryl methyl sites for hydroxylation is 1. The van der Waals surface area contributed by atoms with E-state index in [9.17, 15) is 13.2 Å². The van der Waals surface area contributed by atoms with Gasteiger partial charge >= 0.3 is 5.97 Å². The molecule has 4 unspecified atom stereocenters. The zero-order valence-electron chi connectivity index (χ0n) is 13.3. The first-order valence-corrected chi connectivity index (χ1v) is 9.62. The van der Waals surface area contributed by atoms with Gasteiger partial charge in [0.2, 0.25) is 10.0 Å². The van der Waals surface area contributed by atoms with Gasteiger partial charge in [0, 0.05) is 12.5 Å². The van der Waals surface area contributed by atoms with Crippen LogP contribution in [0.15, 0.2) is 29.2 Å². The molecule has 0 aromatic heterocycles. The predicted octanol–water partition coefficient (Wildman–Crippen LogP) is 1.96. The molecule has 2 saturated heterocycles. The zero-order valence-corrected chi connectivity index (χ0v) is 14.1. The van der Waals surface area contributed by atoms with Crippen molar-refractivity contribution in [3.05, 3.63) is 29.8 Å². The molecule has 0 N–H and O–H groups in total. The largest absolute Gasteiger partial charge is 0.460 e. The van der Waals surface area contributed by atoms with Crippen molar-refractivity contribution in [3.63, 3.8) is 0 Å². The third-order valence-electron chi connectivity index (χ3n) is 5.49. The number of sulfonamides is 1. The maximum Gasteiger partial charge on any atom is 0.310 e. The van der Waals surface area contributed by atoms with Gasteiger partial charge in [0.1, 0.15) is 6.10 Å². The standard InChI is InChI=1S/C17H21NO4S/c1-10-3-7-13(8-4-10)23(20,21)18-9-14-15(12-5-6-12)17(19)22-16(14)11(18)2/h3-4,7-8,11-12,14-16H,5-6,9H2,1-2H3. The second kappa shape index (κ2) is 5.05. The number of esters is 1. The Morgan fingerprint density at radius 3 is 2.43 bits per heavy atom. The maximum atomic E-state index is 12.9. The van der Waals surface area contributed by atoms with Crippen molar-refractivity contribution >= 4 is 16.0 Å². The minimum atomic E-state index is -3.55. The summed E-state index contributed by atoms with van der Waals surface area (Å²) < 4.78 is 33.0. The molecule has 1 aromatic carbocycles. The van der Waals surface area contributed by atoms with E-state index in [2.05, 4.69) is 0 Å². The monoisotopic (exact) mass is 335 g/mol. The Bertz CT molecular complexity index is 738. The summed E-state index contributed by atoms with van der Waals surface area (Å²) in [5, 5.41) is 0. The molecule has 1 aliphatic carbocycles. The lowest BCUT2D eigenvalue weighted by molar-refractivity contribution is -0.145. The number of fused-ring (bicyclic) bond motifs is 1. The molecule has 3 fully saturated rings. The highest BCUT2D eigenvalue weighted by atomic mass is 32.2. The van der Waals surface area contributed by atoms with E-state index in [0.717, 1.165) is 18.4 Å². The topological polar surface area (TPSA) is 63.7 Å². The summed E-state index contributed by atoms with van der Waals surface area (Å²) in [6.07, 6.45) is 1.82. The Morgan fingerprint density at radius 1 is 1.17 bits per heavy atom. The van der Waals surface area contributed by atoms with Crippen LogP contribution in [0, 0.1) is 24.7 Å². The van der Waals surface area contributed by atoms with Crippen LogP contribution in [0.1, 0.15) is 25.3 Å². The van der Waals surface area contributed by atoms with Crippen LogP contribution in [0.4, 0.5) is 0 Å². The molecule has 2 aliphatic heterocycles. The summed E-state index contributed by atoms with van der Waals surface area (Å²) in [6.45, 7) is 4.16. The van der Waals surface area contributed by atoms with Crippen molar-refractivity contribution in [1.82, 2.24) is 4.31 Å². The van der Waals surface area contributed by atoms with Crippen molar-refractivity contribution < 1.29 is 17.9 Å². The second-order valence-corrected chi connectivity index (χ2v) is 8.95. The molecule has 5 nitrogen and oxygen atoms in total. The van der Waals surface area contributed by atoms with Gasteiger partial charge in [-0.15, -0.1) is 0 Å². The Kier molecular flexibility index (Phi) is 3.32. The minimum Gasteiger partial charge on any atom is -0.460 e. The van der Waals surface area contributed by atoms with Crippen molar-refractivity contribution in [3.8, 4) is 0 Å². The summed E-state index contributed by atoms with van der Waals surface area (Å²) in [5.74, 6) is 0.166. The van der Waals surface area contributed by atoms with E-state index in [1.54, 1.807) is 12.1 Å². The molecule has 1 aromatic rings. The van der Waals surface area contributed by atoms with Gasteiger partial charge in [0.25, 0.3) is 0 Å². The normalized spacial score (nSPS) is 34.4. The highest BCUT2D eigenvalue weighted by Crippen LogP contribution is 2.50. The maximum absolute atomic E-state index is 12.9. The fourth-order valence-electron chi connectivity index (χ4n) is 4.05. The molecule has 0 spiro atoms. The van der Waals surface area contributed by atoms with Crippen LogP contribution in [0.3, 0.4) is 0 Å². The Labute approximate surface area is 136 Å². The SMILES string of the molecule is Cc1ccc(S(=O)(=O)N2CC3C(OC(=O)C3C3CC3)C2C)cc1. The third-order valence-corrected chi connectivity index (χ3v) is 7.45. The number of rotatable bonds is 3. The average Bonchev–Trinajstić information content (AvgIpc) is 3.21. The molecule has 1 saturated carbocycles. The van der Waals surface area contributed by atoms with Gasteiger partial charge in [-0.2, -0.15) is 4.31 Å². The van der Waals surface area contributed by atoms with Gasteiger partial charge in [0.15, 0.2) is 0 Å². The molecule has 23 heavy (non-hydrogen) atoms. The Hall–Kier alpha value is -1.40. The lowest BCUT2D eigenvalue weighted by Gasteiger charge is -2.23. The summed E-state index contributed by atoms with van der Waals surface area (Å²) in [7, 11) is -3.55. The molecule has 0 bridgehead atoms. The lowest BCUT2D eigenvalue weighted by Crippen LogP contribution is -2.38. The predicted molar refractivity (Wildman–Crippen MR) is 84.1 cm³/mol. The highest BCUT2D eigenvalue weighted by Gasteiger charge is 2.59. The number of hydrogen-bond acceptors (Lipinski definition) is 4. The lowest BCUT2D eigenvalue weighted by atomic mass is 9.87. The first-order valence-electron chi connectivity index (χ1n) is 8.18. The summed E-state index contributed by atoms with van der Waals surface area (Å²) in [5.41, 5.74) is 1.03. The molecule has 0 amide bonds. The highest BCUT2D eigenvalue weighted by molar-refractivity contribution is 7.89. The summed E-state index contributed by atoms with van der Waals surface area (Å²) in [6, 6.07) is 6.60. The van der Waals surface area contributed by atoms with E-state index in [1.165, 1.54) is 4.31 Å². The van der Waals surface area contributed by atoms with Crippen LogP contribution < -0.4 is 0 Å². The molecule has 3 aliphatic rings. The number of benzene rings is 1. The van der Waals surface area contributed by atoms with E-state index in [0.29, 0.717) is 17.4 Å². The van der Waals surface area contributed by atoms with Gasteiger partial charge in [-0.1, -0.05) is 17.7 Å². The molecular weight excluding hydrogens is 314 g/mol. The van der Waals surface area contributed by atoms with Crippen LogP contribution in [0.5, 0.6) is 0 Å². The zero-order chi connectivity index (χ0) is 16.4. The van der Waals surface area contributed by atoms with Crippen molar-refractivity contribution in [2.24, 2.45) is 17.8 Å². The Balaban J connectivity index is 1.63. The van der Waals surface area contributed by atoms with Crippen LogP contribution in [-0.2, 0) is 19.6 Å². The number of carbonyl (C=O) groups excluding carboxylic acids is 1. The molecule has 124 valence electrons. The minimum absolute atomic E-state index is 0.00484. The number of ether oxygens (including phenoxy) is 1. The van der Waals surface area contributed by atoms with Gasteiger partial charge < -0.3 is 4.74 Å². The molecule has 4 rings (SSSR count). The van der Waals surface area contributed by atoms with Gasteiger partial charge in [-0.3, -0.25) is 4.79 Å². The molecule has 0 radical (unpaired) electrons. The summed E-state index contributed by atoms with van der Waals surface area (Å²) in [4.78, 5) is 12.4. The van der Waals surface area contributed by atoms with Crippen molar-refractivity contribution in [2.75, 3.05) is 6.54 Å². The fraction of sp³-hybridized carbons (Fsp3) is 0.588. The van der Waals surface area contributed by atoms with Gasteiger partial charge in [-0.05, 0) is 44.7 Å². The quantitative estimate of drug-likeness (QED) is 0.792. The first kappa shape index (κ1) is 15.1. The number of nitrogens with zero attached hydrogens (tertiary/aromatic N) is 1. The first-order chi connectivity index (χ1) is 10.9. The van der Waals surface area contributed by atoms with Crippen LogP contribution in [-0.4, -0.2) is 37.4 Å². The van der Waals surface area contributed by atoms with E-state index < -0.39 is 10.0 Å². The molecular formula is C17H21NO4S. The van der Waals surface area contributed by atoms with Crippen LogP contribution in [0.2, 0.25) is 0 Å². The van der Waals surface area contributed by atoms with Gasteiger partial charge in [-0.25, -0.2) is 8.42 Å². The number of hydrogen-bond donors (Lipinski definition) is 0. The van der Waals surface area contributed by atoms with Gasteiger partial charge in [0.05, 0.1) is 16.9 Å². The van der Waals surface area contributed by atoms with E-state index >= 15 is 0 Å². The third kappa shape index (κ3) is 2.31. The molecule has 4 atom stereocenters. The smallest absolute Gasteiger partial charge is 0.310 e. The molecule has 6 heteroatoms. The van der Waals surface area contributed by atoms with Crippen molar-refractivity contribution in [1.29, 1.82) is 0 Å². The summed E-state index contributed by atoms with van der Waals surface area (Å²) >= 11 is 0. The van der Waals surface area contributed by atoms with E-state index in [1.807, 2.05) is 26.0 Å². The fourth-order valence-corrected chi connectivity index (χ4v) is 5.73. The second-order valence-electron chi connectivity index (χ2n) is 7.06. The van der Waals surface area contributed by atoms with E-state index in [-0.39, 0.29) is 30.0 Å². The Morgan fingerprint density at radius 2 is 1.83 bits per heavy atom.